The molecule has 0 saturated carbocycles. The topological polar surface area (TPSA) is 4.93 Å². The molecule has 18 heavy (non-hydrogen) atoms. The largest absolute Gasteiger partial charge is 0.335 e. The zero-order valence-electron chi connectivity index (χ0n) is 10.8. The third-order valence-electron chi connectivity index (χ3n) is 3.49. The summed E-state index contributed by atoms with van der Waals surface area (Å²) in [6.07, 6.45) is 3.63. The molecule has 1 radical (unpaired) electrons. The van der Waals surface area contributed by atoms with Gasteiger partial charge < -0.3 is 4.57 Å². The molecule has 0 bridgehead atoms. The maximum atomic E-state index is 2.35. The van der Waals surface area contributed by atoms with Crippen LogP contribution in [0.2, 0.25) is 0 Å². The Bertz CT molecular complexity index is 610. The summed E-state index contributed by atoms with van der Waals surface area (Å²) in [5, 5.41) is 2.70. The van der Waals surface area contributed by atoms with Crippen molar-refractivity contribution < 1.29 is 0 Å². The van der Waals surface area contributed by atoms with Gasteiger partial charge in [-0.3, -0.25) is 0 Å². The van der Waals surface area contributed by atoms with Crippen LogP contribution in [-0.2, 0) is 0 Å². The molecule has 0 fully saturated rings. The smallest absolute Gasteiger partial charge is 0.0550 e. The summed E-state index contributed by atoms with van der Waals surface area (Å²) in [6, 6.07) is 17.3. The Balaban J connectivity index is 2.18. The molecule has 0 amide bonds. The fraction of sp³-hybridized carbons (Fsp3) is 0.235. The Kier molecular flexibility index (Phi) is 3.06. The van der Waals surface area contributed by atoms with Crippen molar-refractivity contribution in [1.82, 2.24) is 4.57 Å². The van der Waals surface area contributed by atoms with E-state index in [0.29, 0.717) is 0 Å². The van der Waals surface area contributed by atoms with Gasteiger partial charge >= 0.3 is 0 Å². The Labute approximate surface area is 108 Å². The van der Waals surface area contributed by atoms with Gasteiger partial charge in [0.25, 0.3) is 0 Å². The Hall–Kier alpha value is -1.76. The second-order valence-corrected chi connectivity index (χ2v) is 4.73. The highest BCUT2D eigenvalue weighted by atomic mass is 15.0. The van der Waals surface area contributed by atoms with E-state index in [9.17, 15) is 0 Å². The molecular weight excluding hydrogens is 218 g/mol. The number of hydrogen-bond donors (Lipinski definition) is 0. The SMILES string of the molecule is CCCC[CH]n1c2ccccc2c2ccccc21. The molecular formula is C17H18N. The predicted molar refractivity (Wildman–Crippen MR) is 78.7 cm³/mol. The Morgan fingerprint density at radius 3 is 2.00 bits per heavy atom. The van der Waals surface area contributed by atoms with E-state index in [4.69, 9.17) is 0 Å². The summed E-state index contributed by atoms with van der Waals surface area (Å²) in [5.41, 5.74) is 2.63. The second-order valence-electron chi connectivity index (χ2n) is 4.73. The Morgan fingerprint density at radius 1 is 0.889 bits per heavy atom. The number of fused-ring (bicyclic) bond motifs is 3. The van der Waals surface area contributed by atoms with Crippen LogP contribution in [-0.4, -0.2) is 4.57 Å². The average molecular weight is 236 g/mol. The van der Waals surface area contributed by atoms with Crippen molar-refractivity contribution in [3.05, 3.63) is 55.1 Å². The van der Waals surface area contributed by atoms with E-state index in [-0.39, 0.29) is 0 Å². The summed E-state index contributed by atoms with van der Waals surface area (Å²) in [5.74, 6) is 0. The number of aromatic nitrogens is 1. The molecule has 0 unspecified atom stereocenters. The number of nitrogens with zero attached hydrogens (tertiary/aromatic N) is 1. The molecule has 0 aliphatic carbocycles. The van der Waals surface area contributed by atoms with Crippen LogP contribution in [0.4, 0.5) is 0 Å². The van der Waals surface area contributed by atoms with Crippen molar-refractivity contribution in [2.45, 2.75) is 26.2 Å². The lowest BCUT2D eigenvalue weighted by atomic mass is 10.2. The van der Waals surface area contributed by atoms with E-state index >= 15 is 0 Å². The van der Waals surface area contributed by atoms with E-state index < -0.39 is 0 Å². The zero-order valence-corrected chi connectivity index (χ0v) is 10.8. The average Bonchev–Trinajstić information content (AvgIpc) is 2.74. The fourth-order valence-electron chi connectivity index (χ4n) is 2.57. The first kappa shape index (κ1) is 11.3. The molecule has 0 N–H and O–H groups in total. The maximum absolute atomic E-state index is 2.35. The normalized spacial score (nSPS) is 11.4. The van der Waals surface area contributed by atoms with E-state index in [2.05, 4.69) is 66.6 Å². The van der Waals surface area contributed by atoms with E-state index in [0.717, 1.165) is 6.42 Å². The van der Waals surface area contributed by atoms with Crippen LogP contribution in [0.15, 0.2) is 48.5 Å². The van der Waals surface area contributed by atoms with Gasteiger partial charge in [-0.05, 0) is 18.6 Å². The monoisotopic (exact) mass is 236 g/mol. The Morgan fingerprint density at radius 2 is 1.44 bits per heavy atom. The third kappa shape index (κ3) is 1.80. The molecule has 0 aliphatic heterocycles. The number of benzene rings is 2. The minimum atomic E-state index is 1.14. The van der Waals surface area contributed by atoms with Gasteiger partial charge in [0.05, 0.1) is 6.54 Å². The molecule has 0 atom stereocenters. The molecule has 1 nitrogen and oxygen atoms in total. The van der Waals surface area contributed by atoms with Gasteiger partial charge in [-0.1, -0.05) is 56.2 Å². The predicted octanol–water partition coefficient (Wildman–Crippen LogP) is 4.99. The van der Waals surface area contributed by atoms with E-state index in [1.165, 1.54) is 34.6 Å². The van der Waals surface area contributed by atoms with Crippen LogP contribution in [0.3, 0.4) is 0 Å². The van der Waals surface area contributed by atoms with Crippen LogP contribution in [0.25, 0.3) is 21.8 Å². The lowest BCUT2D eigenvalue weighted by molar-refractivity contribution is 0.749. The van der Waals surface area contributed by atoms with Gasteiger partial charge in [-0.2, -0.15) is 0 Å². The molecule has 1 heteroatoms. The van der Waals surface area contributed by atoms with Crippen LogP contribution in [0.5, 0.6) is 0 Å². The van der Waals surface area contributed by atoms with E-state index in [1.54, 1.807) is 0 Å². The zero-order chi connectivity index (χ0) is 12.4. The molecule has 1 aromatic heterocycles. The summed E-state index contributed by atoms with van der Waals surface area (Å²) in [4.78, 5) is 0. The standard InChI is InChI=1S/C17H18N/c1-2-3-8-13-18-16-11-6-4-9-14(16)15-10-5-7-12-17(15)18/h4-7,9-13H,2-3,8H2,1H3. The minimum Gasteiger partial charge on any atom is -0.335 e. The van der Waals surface area contributed by atoms with Crippen molar-refractivity contribution in [2.75, 3.05) is 0 Å². The van der Waals surface area contributed by atoms with Crippen LogP contribution in [0.1, 0.15) is 26.2 Å². The van der Waals surface area contributed by atoms with Gasteiger partial charge in [0, 0.05) is 21.8 Å². The van der Waals surface area contributed by atoms with Crippen molar-refractivity contribution in [1.29, 1.82) is 0 Å². The van der Waals surface area contributed by atoms with Crippen molar-refractivity contribution in [2.24, 2.45) is 0 Å². The second kappa shape index (κ2) is 4.85. The minimum absolute atomic E-state index is 1.14. The van der Waals surface area contributed by atoms with Crippen LogP contribution in [0, 0.1) is 6.54 Å². The molecule has 91 valence electrons. The van der Waals surface area contributed by atoms with E-state index in [1.807, 2.05) is 0 Å². The lowest BCUT2D eigenvalue weighted by Gasteiger charge is -2.05. The highest BCUT2D eigenvalue weighted by Gasteiger charge is 2.08. The first-order valence-electron chi connectivity index (χ1n) is 6.73. The molecule has 0 saturated heterocycles. The third-order valence-corrected chi connectivity index (χ3v) is 3.49. The summed E-state index contributed by atoms with van der Waals surface area (Å²) in [6.45, 7) is 4.56. The van der Waals surface area contributed by atoms with Crippen molar-refractivity contribution in [3.8, 4) is 0 Å². The highest BCUT2D eigenvalue weighted by molar-refractivity contribution is 6.08. The molecule has 2 aromatic carbocycles. The number of para-hydroxylation sites is 2. The number of hydrogen-bond acceptors (Lipinski definition) is 0. The fourth-order valence-corrected chi connectivity index (χ4v) is 2.57. The van der Waals surface area contributed by atoms with Gasteiger partial charge in [0.2, 0.25) is 0 Å². The van der Waals surface area contributed by atoms with Gasteiger partial charge in [0.15, 0.2) is 0 Å². The lowest BCUT2D eigenvalue weighted by Crippen LogP contribution is -1.94. The quantitative estimate of drug-likeness (QED) is 0.562. The first-order valence-corrected chi connectivity index (χ1v) is 6.73. The molecule has 0 spiro atoms. The molecule has 1 heterocycles. The van der Waals surface area contributed by atoms with Gasteiger partial charge in [-0.25, -0.2) is 0 Å². The van der Waals surface area contributed by atoms with Gasteiger partial charge in [0.1, 0.15) is 0 Å². The van der Waals surface area contributed by atoms with Crippen molar-refractivity contribution in [3.63, 3.8) is 0 Å². The molecule has 3 aromatic rings. The molecule has 0 aliphatic rings. The van der Waals surface area contributed by atoms with Gasteiger partial charge in [-0.15, -0.1) is 0 Å². The summed E-state index contributed by atoms with van der Waals surface area (Å²) >= 11 is 0. The van der Waals surface area contributed by atoms with Crippen LogP contribution < -0.4 is 0 Å². The highest BCUT2D eigenvalue weighted by Crippen LogP contribution is 2.29. The molecule has 3 rings (SSSR count). The summed E-state index contributed by atoms with van der Waals surface area (Å²) < 4.78 is 2.35. The van der Waals surface area contributed by atoms with Crippen molar-refractivity contribution >= 4 is 21.8 Å². The number of unbranched alkanes of at least 4 members (excludes halogenated alkanes) is 2. The summed E-state index contributed by atoms with van der Waals surface area (Å²) in [7, 11) is 0. The number of rotatable bonds is 4. The first-order chi connectivity index (χ1) is 8.92. The maximum Gasteiger partial charge on any atom is 0.0550 e. The van der Waals surface area contributed by atoms with Crippen LogP contribution >= 0.6 is 0 Å².